The molecule has 5 rings (SSSR count). The van der Waals surface area contributed by atoms with Crippen LogP contribution >= 0.6 is 0 Å². The highest BCUT2D eigenvalue weighted by molar-refractivity contribution is 6.04. The van der Waals surface area contributed by atoms with Crippen molar-refractivity contribution in [2.75, 3.05) is 67.5 Å². The van der Waals surface area contributed by atoms with Crippen molar-refractivity contribution < 1.29 is 33.6 Å². The standard InChI is InChI=1S/C43H68N4O7/c1-28-24-43(7,51-11)39(54-40-37(48)35(44(8)9)22-29(2)52-40)30(3)38(49)42(5,6)41(50)53-31(4)36(45(10)25-28)27-47-20-18-46(19-21-47)26-32-16-17-33-14-12-13-15-34(33)23-32/h12-17,23,28-31,35-37,39-40,48H,18-22,24-27H2,1-11H3/t28-,29-,30+,31+,35+,36+,37-,39-,40+,43-/m1/s1. The van der Waals surface area contributed by atoms with Crippen molar-refractivity contribution in [2.24, 2.45) is 17.3 Å². The smallest absolute Gasteiger partial charge is 0.319 e. The zero-order chi connectivity index (χ0) is 39.5. The van der Waals surface area contributed by atoms with Gasteiger partial charge in [0.05, 0.1) is 23.9 Å². The number of likely N-dealkylation sites (N-methyl/N-ethyl adjacent to an activating group) is 2. The molecule has 0 radical (unpaired) electrons. The number of esters is 1. The van der Waals surface area contributed by atoms with Crippen LogP contribution in [0.1, 0.15) is 66.9 Å². The first-order valence-electron chi connectivity index (χ1n) is 20.0. The molecule has 11 heteroatoms. The molecule has 11 nitrogen and oxygen atoms in total. The number of ketones is 1. The predicted molar refractivity (Wildman–Crippen MR) is 212 cm³/mol. The summed E-state index contributed by atoms with van der Waals surface area (Å²) in [5.74, 6) is -1.50. The Morgan fingerprint density at radius 2 is 1.59 bits per heavy atom. The number of rotatable bonds is 8. The maximum absolute atomic E-state index is 14.5. The zero-order valence-electron chi connectivity index (χ0n) is 34.8. The molecule has 10 atom stereocenters. The van der Waals surface area contributed by atoms with Gasteiger partial charge in [-0.25, -0.2) is 0 Å². The second-order valence-electron chi connectivity index (χ2n) is 17.6. The van der Waals surface area contributed by atoms with Gasteiger partial charge in [-0.05, 0) is 96.9 Å². The number of Topliss-reactive ketones (excluding diaryl/α,β-unsaturated/α-hetero) is 1. The average molecular weight is 753 g/mol. The first-order chi connectivity index (χ1) is 25.4. The Morgan fingerprint density at radius 3 is 2.24 bits per heavy atom. The van der Waals surface area contributed by atoms with E-state index in [-0.39, 0.29) is 29.9 Å². The lowest BCUT2D eigenvalue weighted by Gasteiger charge is -2.47. The second kappa shape index (κ2) is 17.8. The molecular weight excluding hydrogens is 684 g/mol. The van der Waals surface area contributed by atoms with Crippen molar-refractivity contribution in [1.29, 1.82) is 0 Å². The summed E-state index contributed by atoms with van der Waals surface area (Å²) in [6.45, 7) is 19.3. The van der Waals surface area contributed by atoms with Crippen LogP contribution in [0.2, 0.25) is 0 Å². The minimum atomic E-state index is -1.45. The zero-order valence-corrected chi connectivity index (χ0v) is 34.8. The summed E-state index contributed by atoms with van der Waals surface area (Å²) in [5, 5.41) is 14.0. The maximum Gasteiger partial charge on any atom is 0.319 e. The number of piperazine rings is 1. The van der Waals surface area contributed by atoms with Crippen molar-refractivity contribution >= 4 is 22.5 Å². The summed E-state index contributed by atoms with van der Waals surface area (Å²) < 4.78 is 25.4. The topological polar surface area (TPSA) is 104 Å². The van der Waals surface area contributed by atoms with Crippen LogP contribution in [0.15, 0.2) is 42.5 Å². The lowest BCUT2D eigenvalue weighted by molar-refractivity contribution is -0.295. The summed E-state index contributed by atoms with van der Waals surface area (Å²) in [6.07, 6.45) is -2.12. The summed E-state index contributed by atoms with van der Waals surface area (Å²) in [7, 11) is 7.62. The highest BCUT2D eigenvalue weighted by atomic mass is 16.7. The Morgan fingerprint density at radius 1 is 0.944 bits per heavy atom. The highest BCUT2D eigenvalue weighted by Crippen LogP contribution is 2.38. The van der Waals surface area contributed by atoms with Crippen molar-refractivity contribution in [2.45, 2.75) is 116 Å². The molecule has 1 N–H and O–H groups in total. The number of nitrogens with zero attached hydrogens (tertiary/aromatic N) is 4. The lowest BCUT2D eigenvalue weighted by Crippen LogP contribution is -2.59. The van der Waals surface area contributed by atoms with E-state index >= 15 is 0 Å². The van der Waals surface area contributed by atoms with Gasteiger partial charge in [-0.3, -0.25) is 24.3 Å². The van der Waals surface area contributed by atoms with Crippen LogP contribution in [0.3, 0.4) is 0 Å². The van der Waals surface area contributed by atoms with Gasteiger partial charge in [-0.15, -0.1) is 0 Å². The van der Waals surface area contributed by atoms with Gasteiger partial charge < -0.3 is 29.0 Å². The number of fused-ring (bicyclic) bond motifs is 1. The van der Waals surface area contributed by atoms with Crippen molar-refractivity contribution in [3.63, 3.8) is 0 Å². The molecule has 2 aromatic carbocycles. The van der Waals surface area contributed by atoms with E-state index in [2.05, 4.69) is 71.1 Å². The van der Waals surface area contributed by atoms with Crippen LogP contribution in [0.4, 0.5) is 0 Å². The van der Waals surface area contributed by atoms with E-state index in [9.17, 15) is 14.7 Å². The van der Waals surface area contributed by atoms with Crippen LogP contribution in [-0.4, -0.2) is 152 Å². The average Bonchev–Trinajstić information content (AvgIpc) is 3.13. The molecule has 54 heavy (non-hydrogen) atoms. The fourth-order valence-electron chi connectivity index (χ4n) is 9.13. The molecule has 0 aromatic heterocycles. The van der Waals surface area contributed by atoms with Gasteiger partial charge in [0.1, 0.15) is 17.6 Å². The van der Waals surface area contributed by atoms with E-state index in [1.807, 2.05) is 39.8 Å². The summed E-state index contributed by atoms with van der Waals surface area (Å²) >= 11 is 0. The Labute approximate surface area is 324 Å². The normalized spacial score (nSPS) is 35.7. The van der Waals surface area contributed by atoms with Crippen molar-refractivity contribution in [3.8, 4) is 0 Å². The first-order valence-corrected chi connectivity index (χ1v) is 20.0. The van der Waals surface area contributed by atoms with Gasteiger partial charge in [-0.2, -0.15) is 0 Å². The van der Waals surface area contributed by atoms with Gasteiger partial charge in [0, 0.05) is 64.9 Å². The predicted octanol–water partition coefficient (Wildman–Crippen LogP) is 4.68. The van der Waals surface area contributed by atoms with Crippen LogP contribution in [0, 0.1) is 17.3 Å². The van der Waals surface area contributed by atoms with Gasteiger partial charge >= 0.3 is 5.97 Å². The number of carbonyl (C=O) groups is 2. The van der Waals surface area contributed by atoms with Gasteiger partial charge in [0.15, 0.2) is 12.1 Å². The van der Waals surface area contributed by atoms with Crippen LogP contribution in [0.5, 0.6) is 0 Å². The minimum Gasteiger partial charge on any atom is -0.460 e. The van der Waals surface area contributed by atoms with E-state index in [0.29, 0.717) is 19.4 Å². The quantitative estimate of drug-likeness (QED) is 0.301. The van der Waals surface area contributed by atoms with E-state index in [4.69, 9.17) is 18.9 Å². The van der Waals surface area contributed by atoms with Gasteiger partial charge in [0.2, 0.25) is 0 Å². The third kappa shape index (κ3) is 9.72. The maximum atomic E-state index is 14.5. The number of cyclic esters (lactones) is 1. The number of hydrogen-bond donors (Lipinski definition) is 1. The molecule has 3 aliphatic heterocycles. The molecule has 0 aliphatic carbocycles. The summed E-state index contributed by atoms with van der Waals surface area (Å²) in [5.41, 5.74) is -1.07. The number of carbonyl (C=O) groups excluding carboxylic acids is 2. The fraction of sp³-hybridized carbons (Fsp3) is 0.721. The number of hydrogen-bond acceptors (Lipinski definition) is 11. The molecule has 0 amide bonds. The number of aliphatic hydroxyl groups is 1. The largest absolute Gasteiger partial charge is 0.460 e. The van der Waals surface area contributed by atoms with Gasteiger partial charge in [0.25, 0.3) is 0 Å². The monoisotopic (exact) mass is 753 g/mol. The molecule has 3 aliphatic rings. The molecule has 0 spiro atoms. The number of benzene rings is 2. The molecule has 0 bridgehead atoms. The molecule has 3 saturated heterocycles. The number of aliphatic hydroxyl groups excluding tert-OH is 1. The van der Waals surface area contributed by atoms with Gasteiger partial charge in [-0.1, -0.05) is 50.2 Å². The van der Waals surface area contributed by atoms with E-state index in [1.54, 1.807) is 27.9 Å². The van der Waals surface area contributed by atoms with Crippen LogP contribution in [-0.2, 0) is 35.1 Å². The lowest BCUT2D eigenvalue weighted by atomic mass is 9.74. The fourth-order valence-corrected chi connectivity index (χ4v) is 9.13. The van der Waals surface area contributed by atoms with Crippen LogP contribution < -0.4 is 0 Å². The Bertz CT molecular complexity index is 1560. The molecule has 0 saturated carbocycles. The van der Waals surface area contributed by atoms with E-state index in [1.165, 1.54) is 16.3 Å². The Hall–Kier alpha value is -2.48. The first kappa shape index (κ1) is 42.7. The molecule has 302 valence electrons. The summed E-state index contributed by atoms with van der Waals surface area (Å²) in [6, 6.07) is 15.0. The molecule has 3 fully saturated rings. The van der Waals surface area contributed by atoms with Crippen LogP contribution in [0.25, 0.3) is 10.8 Å². The number of methoxy groups -OCH3 is 1. The van der Waals surface area contributed by atoms with E-state index in [0.717, 1.165) is 39.3 Å². The third-order valence-electron chi connectivity index (χ3n) is 12.5. The SMILES string of the molecule is CO[C@]1(C)C[C@@H](C)CN(C)[C@@H](CN2CCN(Cc3ccc4ccccc4c3)CC2)[C@H](C)OC(=O)C(C)(C)C(=O)[C@H](C)[C@H]1O[C@@H]1O[C@H](C)C[C@H](N(C)C)[C@H]1O. The Kier molecular flexibility index (Phi) is 14.0. The molecule has 2 aromatic rings. The third-order valence-corrected chi connectivity index (χ3v) is 12.5. The molecule has 0 unspecified atom stereocenters. The molecular formula is C43H68N4O7. The minimum absolute atomic E-state index is 0.0939. The van der Waals surface area contributed by atoms with E-state index < -0.39 is 47.5 Å². The second-order valence-corrected chi connectivity index (χ2v) is 17.6. The Balaban J connectivity index is 1.33. The summed E-state index contributed by atoms with van der Waals surface area (Å²) in [4.78, 5) is 37.8. The molecule has 3 heterocycles. The van der Waals surface area contributed by atoms with Crippen molar-refractivity contribution in [3.05, 3.63) is 48.0 Å². The highest BCUT2D eigenvalue weighted by Gasteiger charge is 2.52. The van der Waals surface area contributed by atoms with Crippen molar-refractivity contribution in [1.82, 2.24) is 19.6 Å². The number of ether oxygens (including phenoxy) is 4.